The average molecular weight is 339 g/mol. The topological polar surface area (TPSA) is 81.2 Å². The Labute approximate surface area is 141 Å². The molecule has 0 bridgehead atoms. The number of hydrogen-bond donors (Lipinski definition) is 1. The molecule has 0 aliphatic carbocycles. The summed E-state index contributed by atoms with van der Waals surface area (Å²) in [4.78, 5) is 13.1. The molecule has 120 valence electrons. The Balaban J connectivity index is 1.38. The van der Waals surface area contributed by atoms with Crippen LogP contribution >= 0.6 is 11.3 Å². The number of carbonyl (C=O) groups is 1. The third-order valence-electron chi connectivity index (χ3n) is 3.57. The van der Waals surface area contributed by atoms with Gasteiger partial charge in [0.1, 0.15) is 11.4 Å². The first-order valence-electron chi connectivity index (χ1n) is 7.39. The summed E-state index contributed by atoms with van der Waals surface area (Å²) < 4.78 is 10.5. The predicted octanol–water partition coefficient (Wildman–Crippen LogP) is 3.40. The van der Waals surface area contributed by atoms with Crippen LogP contribution in [0.2, 0.25) is 0 Å². The summed E-state index contributed by atoms with van der Waals surface area (Å²) in [6, 6.07) is 13.2. The lowest BCUT2D eigenvalue weighted by molar-refractivity contribution is -0.120. The SMILES string of the molecule is O=C(Cc1noc2ccccc12)NCc1cc(-c2cccs2)on1. The molecule has 6 nitrogen and oxygen atoms in total. The maximum Gasteiger partial charge on any atom is 0.226 e. The number of hydrogen-bond acceptors (Lipinski definition) is 6. The Morgan fingerprint density at radius 3 is 2.92 bits per heavy atom. The first-order chi connectivity index (χ1) is 11.8. The van der Waals surface area contributed by atoms with Crippen molar-refractivity contribution in [1.82, 2.24) is 15.6 Å². The van der Waals surface area contributed by atoms with Gasteiger partial charge in [-0.05, 0) is 23.6 Å². The van der Waals surface area contributed by atoms with E-state index >= 15 is 0 Å². The summed E-state index contributed by atoms with van der Waals surface area (Å²) in [5.41, 5.74) is 1.98. The lowest BCUT2D eigenvalue weighted by atomic mass is 10.1. The summed E-state index contributed by atoms with van der Waals surface area (Å²) in [6.45, 7) is 0.309. The number of rotatable bonds is 5. The zero-order valence-corrected chi connectivity index (χ0v) is 13.4. The minimum absolute atomic E-state index is 0.144. The van der Waals surface area contributed by atoms with Gasteiger partial charge in [-0.2, -0.15) is 0 Å². The van der Waals surface area contributed by atoms with E-state index in [1.807, 2.05) is 47.8 Å². The zero-order valence-electron chi connectivity index (χ0n) is 12.6. The summed E-state index contributed by atoms with van der Waals surface area (Å²) in [7, 11) is 0. The second-order valence-corrected chi connectivity index (χ2v) is 6.19. The normalized spacial score (nSPS) is 11.0. The second-order valence-electron chi connectivity index (χ2n) is 5.24. The maximum absolute atomic E-state index is 12.1. The van der Waals surface area contributed by atoms with Crippen LogP contribution in [0, 0.1) is 0 Å². The predicted molar refractivity (Wildman–Crippen MR) is 89.4 cm³/mol. The van der Waals surface area contributed by atoms with Crippen molar-refractivity contribution in [3.8, 4) is 10.6 Å². The molecule has 0 unspecified atom stereocenters. The number of amides is 1. The van der Waals surface area contributed by atoms with Gasteiger partial charge in [0, 0.05) is 11.5 Å². The Morgan fingerprint density at radius 2 is 2.04 bits per heavy atom. The number of thiophene rings is 1. The lowest BCUT2D eigenvalue weighted by Crippen LogP contribution is -2.24. The Kier molecular flexibility index (Phi) is 3.84. The van der Waals surface area contributed by atoms with E-state index in [1.165, 1.54) is 0 Å². The van der Waals surface area contributed by atoms with Crippen LogP contribution in [-0.2, 0) is 17.8 Å². The molecule has 0 saturated heterocycles. The van der Waals surface area contributed by atoms with Gasteiger partial charge in [0.05, 0.1) is 17.8 Å². The number of benzene rings is 1. The van der Waals surface area contributed by atoms with Gasteiger partial charge in [-0.25, -0.2) is 0 Å². The summed E-state index contributed by atoms with van der Waals surface area (Å²) in [6.07, 6.45) is 0.159. The van der Waals surface area contributed by atoms with Gasteiger partial charge < -0.3 is 14.4 Å². The van der Waals surface area contributed by atoms with Crippen LogP contribution < -0.4 is 5.32 Å². The van der Waals surface area contributed by atoms with Gasteiger partial charge >= 0.3 is 0 Å². The van der Waals surface area contributed by atoms with Gasteiger partial charge in [0.15, 0.2) is 11.3 Å². The molecule has 0 saturated carbocycles. The van der Waals surface area contributed by atoms with Crippen LogP contribution in [0.5, 0.6) is 0 Å². The van der Waals surface area contributed by atoms with Gasteiger partial charge in [0.2, 0.25) is 5.91 Å². The van der Waals surface area contributed by atoms with Crippen molar-refractivity contribution in [2.24, 2.45) is 0 Å². The molecule has 24 heavy (non-hydrogen) atoms. The average Bonchev–Trinajstić information content (AvgIpc) is 3.34. The monoisotopic (exact) mass is 339 g/mol. The standard InChI is InChI=1S/C17H13N3O3S/c21-17(9-13-12-4-1-2-5-14(12)22-20-13)18-10-11-8-15(23-19-11)16-6-3-7-24-16/h1-8H,9-10H2,(H,18,21). The molecule has 0 spiro atoms. The van der Waals surface area contributed by atoms with Crippen LogP contribution in [0.1, 0.15) is 11.4 Å². The van der Waals surface area contributed by atoms with Crippen molar-refractivity contribution in [3.63, 3.8) is 0 Å². The lowest BCUT2D eigenvalue weighted by Gasteiger charge is -2.00. The van der Waals surface area contributed by atoms with Crippen molar-refractivity contribution in [1.29, 1.82) is 0 Å². The molecule has 1 N–H and O–H groups in total. The van der Waals surface area contributed by atoms with Crippen molar-refractivity contribution in [2.45, 2.75) is 13.0 Å². The van der Waals surface area contributed by atoms with Crippen LogP contribution in [0.25, 0.3) is 21.6 Å². The van der Waals surface area contributed by atoms with Gasteiger partial charge in [-0.15, -0.1) is 11.3 Å². The number of fused-ring (bicyclic) bond motifs is 1. The van der Waals surface area contributed by atoms with E-state index in [2.05, 4.69) is 15.6 Å². The molecule has 4 rings (SSSR count). The number of aromatic nitrogens is 2. The van der Waals surface area contributed by atoms with E-state index in [9.17, 15) is 4.79 Å². The van der Waals surface area contributed by atoms with Crippen LogP contribution in [0.4, 0.5) is 0 Å². The third kappa shape index (κ3) is 2.93. The summed E-state index contributed by atoms with van der Waals surface area (Å²) in [5, 5.41) is 13.6. The number of para-hydroxylation sites is 1. The minimum atomic E-state index is -0.144. The molecule has 1 amide bonds. The highest BCUT2D eigenvalue weighted by molar-refractivity contribution is 7.13. The largest absolute Gasteiger partial charge is 0.356 e. The van der Waals surface area contributed by atoms with E-state index < -0.39 is 0 Å². The number of carbonyl (C=O) groups excluding carboxylic acids is 1. The Morgan fingerprint density at radius 1 is 1.12 bits per heavy atom. The molecule has 0 atom stereocenters. The molecule has 3 heterocycles. The highest BCUT2D eigenvalue weighted by atomic mass is 32.1. The molecule has 4 aromatic rings. The number of nitrogens with one attached hydrogen (secondary N) is 1. The zero-order chi connectivity index (χ0) is 16.4. The highest BCUT2D eigenvalue weighted by Crippen LogP contribution is 2.25. The van der Waals surface area contributed by atoms with Crippen molar-refractivity contribution < 1.29 is 13.8 Å². The first kappa shape index (κ1) is 14.6. The number of nitrogens with zero attached hydrogens (tertiary/aromatic N) is 2. The van der Waals surface area contributed by atoms with Gasteiger partial charge in [-0.1, -0.05) is 28.5 Å². The Bertz CT molecular complexity index is 972. The molecular weight excluding hydrogens is 326 g/mol. The summed E-state index contributed by atoms with van der Waals surface area (Å²) in [5.74, 6) is 0.562. The van der Waals surface area contributed by atoms with Crippen LogP contribution in [0.15, 0.2) is 56.9 Å². The minimum Gasteiger partial charge on any atom is -0.356 e. The molecule has 0 aliphatic heterocycles. The summed E-state index contributed by atoms with van der Waals surface area (Å²) >= 11 is 1.58. The molecule has 0 fully saturated rings. The van der Waals surface area contributed by atoms with E-state index in [1.54, 1.807) is 11.3 Å². The Hall–Kier alpha value is -2.93. The quantitative estimate of drug-likeness (QED) is 0.603. The molecule has 0 aliphatic rings. The molecule has 7 heteroatoms. The molecule has 0 radical (unpaired) electrons. The molecule has 1 aromatic carbocycles. The first-order valence-corrected chi connectivity index (χ1v) is 8.27. The fourth-order valence-electron chi connectivity index (χ4n) is 2.40. The fourth-order valence-corrected chi connectivity index (χ4v) is 3.07. The maximum atomic E-state index is 12.1. The van der Waals surface area contributed by atoms with E-state index in [0.717, 1.165) is 10.3 Å². The molecule has 3 aromatic heterocycles. The highest BCUT2D eigenvalue weighted by Gasteiger charge is 2.13. The van der Waals surface area contributed by atoms with Crippen LogP contribution in [-0.4, -0.2) is 16.2 Å². The second kappa shape index (κ2) is 6.29. The van der Waals surface area contributed by atoms with E-state index in [0.29, 0.717) is 29.3 Å². The van der Waals surface area contributed by atoms with E-state index in [4.69, 9.17) is 9.05 Å². The van der Waals surface area contributed by atoms with Crippen LogP contribution in [0.3, 0.4) is 0 Å². The molecular formula is C17H13N3O3S. The van der Waals surface area contributed by atoms with Gasteiger partial charge in [-0.3, -0.25) is 4.79 Å². The van der Waals surface area contributed by atoms with Crippen molar-refractivity contribution in [3.05, 3.63) is 59.2 Å². The van der Waals surface area contributed by atoms with Crippen molar-refractivity contribution >= 4 is 28.2 Å². The third-order valence-corrected chi connectivity index (χ3v) is 4.45. The van der Waals surface area contributed by atoms with E-state index in [-0.39, 0.29) is 12.3 Å². The van der Waals surface area contributed by atoms with Gasteiger partial charge in [0.25, 0.3) is 0 Å². The van der Waals surface area contributed by atoms with Crippen molar-refractivity contribution in [2.75, 3.05) is 0 Å². The fraction of sp³-hybridized carbons (Fsp3) is 0.118. The smallest absolute Gasteiger partial charge is 0.226 e.